The number of carbonyl (C=O) groups is 2. The zero-order valence-electron chi connectivity index (χ0n) is 13.0. The number of carbonyl (C=O) groups excluding carboxylic acids is 2. The summed E-state index contributed by atoms with van der Waals surface area (Å²) in [6, 6.07) is 0.681. The molecule has 0 bridgehead atoms. The number of esters is 1. The van der Waals surface area contributed by atoms with Crippen molar-refractivity contribution in [3.63, 3.8) is 0 Å². The van der Waals surface area contributed by atoms with Crippen molar-refractivity contribution in [1.82, 2.24) is 10.2 Å². The van der Waals surface area contributed by atoms with Crippen LogP contribution in [0.2, 0.25) is 0 Å². The lowest BCUT2D eigenvalue weighted by Crippen LogP contribution is -2.50. The van der Waals surface area contributed by atoms with Gasteiger partial charge in [-0.25, -0.2) is 0 Å². The van der Waals surface area contributed by atoms with Gasteiger partial charge in [-0.05, 0) is 53.0 Å². The van der Waals surface area contributed by atoms with E-state index in [1.165, 1.54) is 6.42 Å². The highest BCUT2D eigenvalue weighted by Crippen LogP contribution is 2.22. The van der Waals surface area contributed by atoms with E-state index < -0.39 is 0 Å². The number of hydrogen-bond donors (Lipinski definition) is 1. The zero-order valence-corrected chi connectivity index (χ0v) is 13.0. The van der Waals surface area contributed by atoms with Gasteiger partial charge in [0.15, 0.2) is 0 Å². The first-order valence-electron chi connectivity index (χ1n) is 7.73. The van der Waals surface area contributed by atoms with E-state index in [9.17, 15) is 9.59 Å². The van der Waals surface area contributed by atoms with Gasteiger partial charge in [-0.2, -0.15) is 0 Å². The van der Waals surface area contributed by atoms with Crippen LogP contribution >= 0.6 is 0 Å². The Bertz CT molecular complexity index is 310. The third kappa shape index (κ3) is 5.49. The standard InChI is InChI=1S/C15H28N2O3/c1-4-20-15(19)9-6-10-16-11-14(18)17-12(2)7-5-8-13(17)3/h12-13,16H,4-11H2,1-3H3. The van der Waals surface area contributed by atoms with E-state index >= 15 is 0 Å². The van der Waals surface area contributed by atoms with E-state index in [-0.39, 0.29) is 11.9 Å². The predicted octanol–water partition coefficient (Wildman–Crippen LogP) is 1.71. The average molecular weight is 284 g/mol. The highest BCUT2D eigenvalue weighted by molar-refractivity contribution is 5.79. The molecule has 1 aliphatic heterocycles. The third-order valence-electron chi connectivity index (χ3n) is 3.80. The Morgan fingerprint density at radius 2 is 1.90 bits per heavy atom. The van der Waals surface area contributed by atoms with E-state index in [4.69, 9.17) is 4.74 Å². The van der Waals surface area contributed by atoms with Crippen LogP contribution in [0.1, 0.15) is 52.9 Å². The first kappa shape index (κ1) is 17.0. The normalized spacial score (nSPS) is 22.6. The molecule has 1 amide bonds. The lowest BCUT2D eigenvalue weighted by atomic mass is 9.97. The minimum atomic E-state index is -0.168. The SMILES string of the molecule is CCOC(=O)CCCNCC(=O)N1C(C)CCCC1C. The second-order valence-electron chi connectivity index (χ2n) is 5.52. The van der Waals surface area contributed by atoms with Gasteiger partial charge in [0, 0.05) is 18.5 Å². The molecule has 2 atom stereocenters. The molecule has 116 valence electrons. The van der Waals surface area contributed by atoms with Crippen molar-refractivity contribution in [3.8, 4) is 0 Å². The number of piperidine rings is 1. The average Bonchev–Trinajstić information content (AvgIpc) is 2.38. The first-order valence-corrected chi connectivity index (χ1v) is 7.73. The molecular formula is C15H28N2O3. The number of rotatable bonds is 7. The molecule has 1 fully saturated rings. The maximum absolute atomic E-state index is 12.2. The summed E-state index contributed by atoms with van der Waals surface area (Å²) in [4.78, 5) is 25.3. The number of hydrogen-bond acceptors (Lipinski definition) is 4. The summed E-state index contributed by atoms with van der Waals surface area (Å²) < 4.78 is 4.85. The molecule has 0 saturated carbocycles. The van der Waals surface area contributed by atoms with Crippen molar-refractivity contribution in [3.05, 3.63) is 0 Å². The molecule has 5 nitrogen and oxygen atoms in total. The Morgan fingerprint density at radius 3 is 2.50 bits per heavy atom. The monoisotopic (exact) mass is 284 g/mol. The molecular weight excluding hydrogens is 256 g/mol. The summed E-state index contributed by atoms with van der Waals surface area (Å²) in [7, 11) is 0. The largest absolute Gasteiger partial charge is 0.466 e. The highest BCUT2D eigenvalue weighted by atomic mass is 16.5. The lowest BCUT2D eigenvalue weighted by molar-refractivity contribution is -0.143. The molecule has 0 radical (unpaired) electrons. The quantitative estimate of drug-likeness (QED) is 0.571. The Kier molecular flexibility index (Phi) is 7.59. The van der Waals surface area contributed by atoms with Crippen molar-refractivity contribution < 1.29 is 14.3 Å². The molecule has 1 heterocycles. The fourth-order valence-corrected chi connectivity index (χ4v) is 2.79. The summed E-state index contributed by atoms with van der Waals surface area (Å²) in [6.45, 7) is 7.49. The van der Waals surface area contributed by atoms with Gasteiger partial charge in [0.1, 0.15) is 0 Å². The van der Waals surface area contributed by atoms with Crippen LogP contribution in [0.4, 0.5) is 0 Å². The summed E-state index contributed by atoms with van der Waals surface area (Å²) in [6.07, 6.45) is 4.51. The molecule has 1 saturated heterocycles. The summed E-state index contributed by atoms with van der Waals surface area (Å²) >= 11 is 0. The van der Waals surface area contributed by atoms with Gasteiger partial charge in [-0.3, -0.25) is 9.59 Å². The number of amides is 1. The van der Waals surface area contributed by atoms with Gasteiger partial charge < -0.3 is 15.0 Å². The smallest absolute Gasteiger partial charge is 0.305 e. The Labute approximate surface area is 122 Å². The summed E-state index contributed by atoms with van der Waals surface area (Å²) in [5, 5.41) is 3.12. The lowest BCUT2D eigenvalue weighted by Gasteiger charge is -2.39. The zero-order chi connectivity index (χ0) is 15.0. The van der Waals surface area contributed by atoms with E-state index in [0.29, 0.717) is 44.6 Å². The molecule has 0 spiro atoms. The fourth-order valence-electron chi connectivity index (χ4n) is 2.79. The fraction of sp³-hybridized carbons (Fsp3) is 0.867. The molecule has 0 aromatic heterocycles. The van der Waals surface area contributed by atoms with Crippen molar-refractivity contribution in [2.75, 3.05) is 19.7 Å². The van der Waals surface area contributed by atoms with Crippen LogP contribution in [-0.2, 0) is 14.3 Å². The minimum Gasteiger partial charge on any atom is -0.466 e. The van der Waals surface area contributed by atoms with Gasteiger partial charge in [0.25, 0.3) is 0 Å². The van der Waals surface area contributed by atoms with Gasteiger partial charge in [0.2, 0.25) is 5.91 Å². The second kappa shape index (κ2) is 8.95. The number of ether oxygens (including phenoxy) is 1. The molecule has 0 aromatic carbocycles. The van der Waals surface area contributed by atoms with Crippen LogP contribution < -0.4 is 5.32 Å². The number of nitrogens with one attached hydrogen (secondary N) is 1. The van der Waals surface area contributed by atoms with Gasteiger partial charge in [-0.15, -0.1) is 0 Å². The first-order chi connectivity index (χ1) is 9.56. The number of likely N-dealkylation sites (tertiary alicyclic amines) is 1. The van der Waals surface area contributed by atoms with Gasteiger partial charge in [-0.1, -0.05) is 0 Å². The van der Waals surface area contributed by atoms with E-state index in [2.05, 4.69) is 19.2 Å². The molecule has 0 aromatic rings. The van der Waals surface area contributed by atoms with Crippen LogP contribution in [0.5, 0.6) is 0 Å². The third-order valence-corrected chi connectivity index (χ3v) is 3.80. The highest BCUT2D eigenvalue weighted by Gasteiger charge is 2.28. The molecule has 20 heavy (non-hydrogen) atoms. The minimum absolute atomic E-state index is 0.167. The Morgan fingerprint density at radius 1 is 1.25 bits per heavy atom. The van der Waals surface area contributed by atoms with E-state index in [1.807, 2.05) is 4.90 Å². The van der Waals surface area contributed by atoms with E-state index in [1.54, 1.807) is 6.92 Å². The van der Waals surface area contributed by atoms with Crippen LogP contribution in [-0.4, -0.2) is 48.6 Å². The topological polar surface area (TPSA) is 58.6 Å². The van der Waals surface area contributed by atoms with Gasteiger partial charge >= 0.3 is 5.97 Å². The maximum Gasteiger partial charge on any atom is 0.305 e. The number of nitrogens with zero attached hydrogens (tertiary/aromatic N) is 1. The van der Waals surface area contributed by atoms with Crippen molar-refractivity contribution >= 4 is 11.9 Å². The molecule has 2 unspecified atom stereocenters. The second-order valence-corrected chi connectivity index (χ2v) is 5.52. The van der Waals surface area contributed by atoms with Gasteiger partial charge in [0.05, 0.1) is 13.2 Å². The molecule has 0 aliphatic carbocycles. The maximum atomic E-state index is 12.2. The molecule has 5 heteroatoms. The summed E-state index contributed by atoms with van der Waals surface area (Å²) in [5.74, 6) is -0.000244. The van der Waals surface area contributed by atoms with Crippen molar-refractivity contribution in [2.45, 2.75) is 65.0 Å². The van der Waals surface area contributed by atoms with Crippen LogP contribution in [0.15, 0.2) is 0 Å². The molecule has 1 aliphatic rings. The summed E-state index contributed by atoms with van der Waals surface area (Å²) in [5.41, 5.74) is 0. The Balaban J connectivity index is 2.18. The van der Waals surface area contributed by atoms with Crippen LogP contribution in [0, 0.1) is 0 Å². The van der Waals surface area contributed by atoms with E-state index in [0.717, 1.165) is 12.8 Å². The van der Waals surface area contributed by atoms with Crippen molar-refractivity contribution in [1.29, 1.82) is 0 Å². The Hall–Kier alpha value is -1.10. The molecule has 1 N–H and O–H groups in total. The van der Waals surface area contributed by atoms with Crippen molar-refractivity contribution in [2.24, 2.45) is 0 Å². The molecule has 1 rings (SSSR count). The van der Waals surface area contributed by atoms with Crippen LogP contribution in [0.3, 0.4) is 0 Å². The predicted molar refractivity (Wildman–Crippen MR) is 78.4 cm³/mol. The van der Waals surface area contributed by atoms with Crippen LogP contribution in [0.25, 0.3) is 0 Å².